The maximum Gasteiger partial charge on any atom is 0.341 e. The summed E-state index contributed by atoms with van der Waals surface area (Å²) in [6.07, 6.45) is 5.72. The molecule has 6 heterocycles. The number of hydrogen-bond donors (Lipinski definition) is 4. The smallest absolute Gasteiger partial charge is 0.341 e. The zero-order valence-corrected chi connectivity index (χ0v) is 35.7. The summed E-state index contributed by atoms with van der Waals surface area (Å²) in [5.74, 6) is -3.24. The molecule has 10 unspecified atom stereocenters. The lowest BCUT2D eigenvalue weighted by atomic mass is 9.44. The summed E-state index contributed by atoms with van der Waals surface area (Å²) in [6.45, 7) is 6.23. The number of aliphatic hydroxyl groups is 3. The molecule has 1 saturated carbocycles. The summed E-state index contributed by atoms with van der Waals surface area (Å²) in [5, 5.41) is 39.3. The van der Waals surface area contributed by atoms with Crippen LogP contribution in [0.25, 0.3) is 10.9 Å². The van der Waals surface area contributed by atoms with Crippen LogP contribution in [0.2, 0.25) is 0 Å². The maximum atomic E-state index is 15.4. The Hall–Kier alpha value is -4.47. The van der Waals surface area contributed by atoms with Crippen molar-refractivity contribution < 1.29 is 48.7 Å². The summed E-state index contributed by atoms with van der Waals surface area (Å²) in [6, 6.07) is 10.4. The molecule has 322 valence electrons. The van der Waals surface area contributed by atoms with Gasteiger partial charge in [-0.05, 0) is 55.5 Å². The molecule has 2 saturated heterocycles. The Bertz CT molecular complexity index is 2310. The van der Waals surface area contributed by atoms with Crippen molar-refractivity contribution in [3.8, 4) is 5.75 Å². The zero-order valence-electron chi connectivity index (χ0n) is 35.7. The standard InChI is InChI=1S/C46H58N4O10/c1-8-41(54)23-42(55)24-45(39(52)59-6,35-28(15-19-49(25-41)26-42)27-13-10-11-14-31(27)47-35)30-21-29-32(22-33(30)57-4)48(3)38-44(29)17-20-50-18-12-16-43(9-2,37(44)50)34(36(51)58-5)46(38,56)40(53)60-7/h10-14,16,21-22,34,37-38,47,54-56H,8-9,15,17-20,23-26H2,1-7H3. The summed E-state index contributed by atoms with van der Waals surface area (Å²) in [4.78, 5) is 54.0. The number of rotatable bonds is 7. The minimum absolute atomic E-state index is 0.0345. The Labute approximate surface area is 350 Å². The molecule has 1 spiro atoms. The second-order valence-electron chi connectivity index (χ2n) is 18.4. The van der Waals surface area contributed by atoms with E-state index in [1.807, 2.05) is 74.3 Å². The number of esters is 3. The fourth-order valence-corrected chi connectivity index (χ4v) is 13.8. The third-order valence-electron chi connectivity index (χ3n) is 15.8. The summed E-state index contributed by atoms with van der Waals surface area (Å²) < 4.78 is 23.1. The molecule has 2 bridgehead atoms. The SMILES string of the molecule is CCC1(O)CN2CCc3c([nH]c4ccccc34)C(C(=O)OC)(c3cc4c(cc3OC)N(C)C3C(O)(C(=O)OC)C(C(=O)OC)C5(CC)C=CCN6CCC43C65)CC(O)(C2)C1. The number of piperidine rings is 1. The Morgan fingerprint density at radius 1 is 0.883 bits per heavy atom. The van der Waals surface area contributed by atoms with Gasteiger partial charge in [0.25, 0.3) is 0 Å². The Morgan fingerprint density at radius 3 is 2.32 bits per heavy atom. The van der Waals surface area contributed by atoms with E-state index in [1.165, 1.54) is 28.4 Å². The second-order valence-corrected chi connectivity index (χ2v) is 18.4. The first-order chi connectivity index (χ1) is 28.6. The monoisotopic (exact) mass is 826 g/mol. The van der Waals surface area contributed by atoms with Crippen LogP contribution in [0, 0.1) is 11.3 Å². The summed E-state index contributed by atoms with van der Waals surface area (Å²) in [5.41, 5.74) is -4.78. The molecule has 3 aromatic rings. The van der Waals surface area contributed by atoms with Gasteiger partial charge in [-0.15, -0.1) is 0 Å². The Kier molecular flexibility index (Phi) is 9.39. The number of para-hydroxylation sites is 1. The molecule has 1 aromatic heterocycles. The van der Waals surface area contributed by atoms with Gasteiger partial charge in [0.15, 0.2) is 5.60 Å². The minimum atomic E-state index is -2.39. The highest BCUT2D eigenvalue weighted by Crippen LogP contribution is 2.69. The number of nitrogens with zero attached hydrogens (tertiary/aromatic N) is 3. The van der Waals surface area contributed by atoms with E-state index in [0.29, 0.717) is 74.6 Å². The molecule has 1 aliphatic carbocycles. The van der Waals surface area contributed by atoms with E-state index in [4.69, 9.17) is 18.9 Å². The first kappa shape index (κ1) is 40.9. The van der Waals surface area contributed by atoms with Crippen molar-refractivity contribution in [2.45, 2.75) is 92.1 Å². The van der Waals surface area contributed by atoms with Crippen LogP contribution in [0.5, 0.6) is 5.75 Å². The van der Waals surface area contributed by atoms with Crippen LogP contribution >= 0.6 is 0 Å². The number of H-pyrrole nitrogens is 1. The predicted octanol–water partition coefficient (Wildman–Crippen LogP) is 2.96. The van der Waals surface area contributed by atoms with Crippen molar-refractivity contribution in [1.29, 1.82) is 0 Å². The molecule has 14 heteroatoms. The fraction of sp³-hybridized carbons (Fsp3) is 0.587. The lowest BCUT2D eigenvalue weighted by Gasteiger charge is -2.63. The van der Waals surface area contributed by atoms with E-state index >= 15 is 4.79 Å². The van der Waals surface area contributed by atoms with E-state index in [2.05, 4.69) is 14.8 Å². The average molecular weight is 827 g/mol. The van der Waals surface area contributed by atoms with Crippen LogP contribution in [0.1, 0.15) is 68.3 Å². The van der Waals surface area contributed by atoms with Crippen molar-refractivity contribution in [3.63, 3.8) is 0 Å². The number of aromatic amines is 1. The topological polar surface area (TPSA) is 174 Å². The van der Waals surface area contributed by atoms with Gasteiger partial charge in [0.2, 0.25) is 0 Å². The van der Waals surface area contributed by atoms with E-state index < -0.39 is 69.0 Å². The number of fused-ring (bicyclic) bond motifs is 6. The first-order valence-electron chi connectivity index (χ1n) is 21.2. The van der Waals surface area contributed by atoms with Gasteiger partial charge in [0, 0.05) is 96.9 Å². The van der Waals surface area contributed by atoms with Gasteiger partial charge in [0.05, 0.1) is 45.7 Å². The van der Waals surface area contributed by atoms with Crippen molar-refractivity contribution in [2.75, 3.05) is 73.1 Å². The molecule has 4 N–H and O–H groups in total. The van der Waals surface area contributed by atoms with Gasteiger partial charge in [-0.25, -0.2) is 4.79 Å². The molecule has 3 fully saturated rings. The Balaban J connectivity index is 1.38. The minimum Gasteiger partial charge on any atom is -0.496 e. The van der Waals surface area contributed by atoms with Gasteiger partial charge < -0.3 is 44.2 Å². The van der Waals surface area contributed by atoms with Gasteiger partial charge >= 0.3 is 17.9 Å². The van der Waals surface area contributed by atoms with E-state index in [1.54, 1.807) is 0 Å². The summed E-state index contributed by atoms with van der Waals surface area (Å²) >= 11 is 0. The largest absolute Gasteiger partial charge is 0.496 e. The van der Waals surface area contributed by atoms with Crippen LogP contribution < -0.4 is 9.64 Å². The normalized spacial score (nSPS) is 37.8. The second kappa shape index (κ2) is 13.8. The van der Waals surface area contributed by atoms with Crippen molar-refractivity contribution in [1.82, 2.24) is 14.8 Å². The lowest BCUT2D eigenvalue weighted by Crippen LogP contribution is -2.80. The predicted molar refractivity (Wildman–Crippen MR) is 222 cm³/mol. The Morgan fingerprint density at radius 2 is 1.63 bits per heavy atom. The number of likely N-dealkylation sites (N-methyl/N-ethyl adjacent to an activating group) is 1. The molecule has 2 aromatic carbocycles. The highest BCUT2D eigenvalue weighted by atomic mass is 16.5. The van der Waals surface area contributed by atoms with Gasteiger partial charge in [0.1, 0.15) is 17.1 Å². The number of ether oxygens (including phenoxy) is 4. The number of carbonyl (C=O) groups excluding carboxylic acids is 3. The van der Waals surface area contributed by atoms with Crippen LogP contribution in [0.4, 0.5) is 5.69 Å². The molecule has 9 rings (SSSR count). The summed E-state index contributed by atoms with van der Waals surface area (Å²) in [7, 11) is 7.20. The van der Waals surface area contributed by atoms with Crippen molar-refractivity contribution >= 4 is 34.5 Å². The van der Waals surface area contributed by atoms with Crippen molar-refractivity contribution in [3.05, 3.63) is 70.9 Å². The number of anilines is 1. The van der Waals surface area contributed by atoms with Crippen molar-refractivity contribution in [2.24, 2.45) is 11.3 Å². The molecule has 6 aliphatic rings. The highest BCUT2D eigenvalue weighted by Gasteiger charge is 2.81. The average Bonchev–Trinajstić information content (AvgIpc) is 3.91. The third-order valence-corrected chi connectivity index (χ3v) is 15.8. The molecule has 0 radical (unpaired) electrons. The molecular formula is C46H58N4O10. The number of methoxy groups -OCH3 is 4. The van der Waals surface area contributed by atoms with Crippen LogP contribution in [0.15, 0.2) is 48.6 Å². The number of hydrogen-bond acceptors (Lipinski definition) is 13. The number of benzene rings is 2. The van der Waals surface area contributed by atoms with E-state index in [9.17, 15) is 24.9 Å². The molecule has 14 nitrogen and oxygen atoms in total. The van der Waals surface area contributed by atoms with E-state index in [0.717, 1.165) is 22.0 Å². The van der Waals surface area contributed by atoms with Crippen LogP contribution in [-0.4, -0.2) is 145 Å². The highest BCUT2D eigenvalue weighted by molar-refractivity contribution is 5.96. The van der Waals surface area contributed by atoms with Crippen LogP contribution in [0.3, 0.4) is 0 Å². The van der Waals surface area contributed by atoms with E-state index in [-0.39, 0.29) is 19.4 Å². The fourth-order valence-electron chi connectivity index (χ4n) is 13.8. The van der Waals surface area contributed by atoms with Crippen LogP contribution in [-0.2, 0) is 45.8 Å². The number of aromatic nitrogens is 1. The van der Waals surface area contributed by atoms with Gasteiger partial charge in [-0.3, -0.25) is 19.4 Å². The van der Waals surface area contributed by atoms with Gasteiger partial charge in [-0.1, -0.05) is 44.2 Å². The molecule has 60 heavy (non-hydrogen) atoms. The zero-order chi connectivity index (χ0) is 42.8. The third kappa shape index (κ3) is 5.08. The molecule has 0 amide bonds. The van der Waals surface area contributed by atoms with Gasteiger partial charge in [-0.2, -0.15) is 0 Å². The first-order valence-corrected chi connectivity index (χ1v) is 21.2. The molecule has 10 atom stereocenters. The maximum absolute atomic E-state index is 15.4. The quantitative estimate of drug-likeness (QED) is 0.156. The molecular weight excluding hydrogens is 769 g/mol. The lowest BCUT2D eigenvalue weighted by molar-refractivity contribution is -0.209. The number of nitrogens with one attached hydrogen (secondary N) is 1. The molecule has 5 aliphatic heterocycles. The number of carbonyl (C=O) groups is 3.